The predicted molar refractivity (Wildman–Crippen MR) is 78.0 cm³/mol. The van der Waals surface area contributed by atoms with Gasteiger partial charge in [-0.3, -0.25) is 4.31 Å². The summed E-state index contributed by atoms with van der Waals surface area (Å²) in [5.74, 6) is -3.57. The Morgan fingerprint density at radius 3 is 2.52 bits per heavy atom. The number of hydrogen-bond acceptors (Lipinski definition) is 3. The highest BCUT2D eigenvalue weighted by atomic mass is 32.1. The zero-order chi connectivity index (χ0) is 15.4. The number of carbonyl (C=O) groups excluding carboxylic acids is 1. The fourth-order valence-corrected chi connectivity index (χ4v) is 1.86. The van der Waals surface area contributed by atoms with E-state index < -0.39 is 23.4 Å². The van der Waals surface area contributed by atoms with Crippen LogP contribution in [0, 0.1) is 11.6 Å². The second kappa shape index (κ2) is 6.45. The van der Waals surface area contributed by atoms with Crippen LogP contribution >= 0.6 is 12.8 Å². The Labute approximate surface area is 125 Å². The Kier molecular flexibility index (Phi) is 4.64. The molecule has 21 heavy (non-hydrogen) atoms. The van der Waals surface area contributed by atoms with E-state index in [9.17, 15) is 18.7 Å². The largest absolute Gasteiger partial charge is 0.503 e. The number of benzene rings is 2. The van der Waals surface area contributed by atoms with Gasteiger partial charge in [-0.25, -0.2) is 9.18 Å². The predicted octanol–water partition coefficient (Wildman–Crippen LogP) is 3.55. The van der Waals surface area contributed by atoms with E-state index in [1.54, 1.807) is 0 Å². The maximum atomic E-state index is 13.2. The summed E-state index contributed by atoms with van der Waals surface area (Å²) < 4.78 is 27.1. The number of nitrogens with zero attached hydrogens (tertiary/aromatic N) is 1. The van der Waals surface area contributed by atoms with Gasteiger partial charge in [0.2, 0.25) is 5.82 Å². The summed E-state index contributed by atoms with van der Waals surface area (Å²) in [7, 11) is 0. The highest BCUT2D eigenvalue weighted by molar-refractivity contribution is 7.78. The van der Waals surface area contributed by atoms with E-state index in [0.29, 0.717) is 0 Å². The molecule has 2 amide bonds. The monoisotopic (exact) mass is 310 g/mol. The minimum absolute atomic E-state index is 0.209. The van der Waals surface area contributed by atoms with E-state index >= 15 is 0 Å². The van der Waals surface area contributed by atoms with Gasteiger partial charge in [-0.2, -0.15) is 4.39 Å². The number of thiol groups is 1. The molecule has 0 radical (unpaired) electrons. The van der Waals surface area contributed by atoms with Crippen molar-refractivity contribution in [3.05, 3.63) is 59.7 Å². The smallest absolute Gasteiger partial charge is 0.332 e. The first-order valence-corrected chi connectivity index (χ1v) is 6.37. The Balaban J connectivity index is 2.06. The van der Waals surface area contributed by atoms with Crippen molar-refractivity contribution in [3.63, 3.8) is 0 Å². The molecule has 0 unspecified atom stereocenters. The molecule has 0 aromatic heterocycles. The molecule has 0 aliphatic carbocycles. The molecular weight excluding hydrogens is 298 g/mol. The van der Waals surface area contributed by atoms with Crippen LogP contribution in [0.25, 0.3) is 0 Å². The van der Waals surface area contributed by atoms with Gasteiger partial charge in [0.1, 0.15) is 0 Å². The first-order chi connectivity index (χ1) is 9.99. The third-order valence-electron chi connectivity index (χ3n) is 2.72. The molecule has 2 aromatic rings. The van der Waals surface area contributed by atoms with Gasteiger partial charge in [-0.15, -0.1) is 0 Å². The molecule has 0 bridgehead atoms. The molecule has 0 atom stereocenters. The number of halogens is 2. The molecule has 2 rings (SSSR count). The highest BCUT2D eigenvalue weighted by Gasteiger charge is 2.16. The number of phenols is 1. The first kappa shape index (κ1) is 15.1. The summed E-state index contributed by atoms with van der Waals surface area (Å²) in [6, 6.07) is 10.3. The molecule has 2 aromatic carbocycles. The molecule has 0 saturated carbocycles. The molecule has 0 fully saturated rings. The summed E-state index contributed by atoms with van der Waals surface area (Å²) in [6.07, 6.45) is 0. The summed E-state index contributed by atoms with van der Waals surface area (Å²) in [4.78, 5) is 11.9. The van der Waals surface area contributed by atoms with Crippen LogP contribution < -0.4 is 5.32 Å². The topological polar surface area (TPSA) is 52.6 Å². The molecule has 2 N–H and O–H groups in total. The minimum Gasteiger partial charge on any atom is -0.503 e. The van der Waals surface area contributed by atoms with Gasteiger partial charge in [-0.1, -0.05) is 43.1 Å². The van der Waals surface area contributed by atoms with Crippen molar-refractivity contribution in [2.75, 3.05) is 5.32 Å². The van der Waals surface area contributed by atoms with Crippen molar-refractivity contribution in [1.82, 2.24) is 4.31 Å². The van der Waals surface area contributed by atoms with Crippen LogP contribution in [0.1, 0.15) is 5.56 Å². The third-order valence-corrected chi connectivity index (χ3v) is 3.04. The minimum atomic E-state index is -1.42. The number of carbonyl (C=O) groups is 1. The molecule has 0 spiro atoms. The summed E-state index contributed by atoms with van der Waals surface area (Å²) >= 11 is 4.02. The number of nitrogens with one attached hydrogen (secondary N) is 1. The quantitative estimate of drug-likeness (QED) is 0.600. The van der Waals surface area contributed by atoms with Crippen molar-refractivity contribution in [1.29, 1.82) is 0 Å². The van der Waals surface area contributed by atoms with Crippen molar-refractivity contribution in [2.45, 2.75) is 6.54 Å². The lowest BCUT2D eigenvalue weighted by atomic mass is 10.2. The van der Waals surface area contributed by atoms with Crippen molar-refractivity contribution < 1.29 is 18.7 Å². The van der Waals surface area contributed by atoms with E-state index in [4.69, 9.17) is 0 Å². The van der Waals surface area contributed by atoms with Crippen molar-refractivity contribution in [2.24, 2.45) is 0 Å². The van der Waals surface area contributed by atoms with Crippen LogP contribution in [-0.4, -0.2) is 15.4 Å². The number of aromatic hydroxyl groups is 1. The van der Waals surface area contributed by atoms with E-state index in [2.05, 4.69) is 18.1 Å². The van der Waals surface area contributed by atoms with Gasteiger partial charge in [0.05, 0.1) is 12.2 Å². The third kappa shape index (κ3) is 3.63. The number of amides is 2. The fourth-order valence-electron chi connectivity index (χ4n) is 1.65. The summed E-state index contributed by atoms with van der Waals surface area (Å²) in [5, 5.41) is 11.7. The fraction of sp³-hybridized carbons (Fsp3) is 0.0714. The number of anilines is 1. The maximum absolute atomic E-state index is 13.2. The molecule has 0 aliphatic heterocycles. The molecule has 110 valence electrons. The second-order valence-corrected chi connectivity index (χ2v) is 4.71. The van der Waals surface area contributed by atoms with Gasteiger partial charge in [0, 0.05) is 0 Å². The van der Waals surface area contributed by atoms with Crippen LogP contribution in [-0.2, 0) is 6.54 Å². The van der Waals surface area contributed by atoms with E-state index in [1.807, 2.05) is 30.3 Å². The number of urea groups is 1. The molecule has 0 saturated heterocycles. The average Bonchev–Trinajstić information content (AvgIpc) is 2.48. The van der Waals surface area contributed by atoms with Crippen LogP contribution in [0.5, 0.6) is 5.75 Å². The lowest BCUT2D eigenvalue weighted by Gasteiger charge is -2.17. The molecule has 4 nitrogen and oxygen atoms in total. The van der Waals surface area contributed by atoms with Gasteiger partial charge < -0.3 is 10.4 Å². The molecule has 0 heterocycles. The average molecular weight is 310 g/mol. The van der Waals surface area contributed by atoms with Crippen LogP contribution in [0.2, 0.25) is 0 Å². The SMILES string of the molecule is O=C(Nc1ccc(F)c(F)c1O)N(S)Cc1ccccc1. The Hall–Kier alpha value is -2.28. The number of phenolic OH excluding ortho intramolecular Hbond substituents is 1. The van der Waals surface area contributed by atoms with Crippen LogP contribution in [0.15, 0.2) is 42.5 Å². The molecular formula is C14H12F2N2O2S. The van der Waals surface area contributed by atoms with Crippen molar-refractivity contribution in [3.8, 4) is 5.75 Å². The lowest BCUT2D eigenvalue weighted by Crippen LogP contribution is -2.26. The first-order valence-electron chi connectivity index (χ1n) is 5.97. The van der Waals surface area contributed by atoms with E-state index in [1.165, 1.54) is 0 Å². The van der Waals surface area contributed by atoms with Gasteiger partial charge in [-0.05, 0) is 17.7 Å². The standard InChI is InChI=1S/C14H12F2N2O2S/c15-10-6-7-11(13(19)12(10)16)17-14(20)18(21)8-9-4-2-1-3-5-9/h1-7,19,21H,8H2,(H,17,20). The molecule has 7 heteroatoms. The Morgan fingerprint density at radius 1 is 1.19 bits per heavy atom. The maximum Gasteiger partial charge on any atom is 0.332 e. The Bertz CT molecular complexity index is 653. The number of hydrogen-bond donors (Lipinski definition) is 3. The van der Waals surface area contributed by atoms with E-state index in [-0.39, 0.29) is 12.2 Å². The van der Waals surface area contributed by atoms with Gasteiger partial charge >= 0.3 is 6.03 Å². The Morgan fingerprint density at radius 2 is 1.86 bits per heavy atom. The zero-order valence-corrected chi connectivity index (χ0v) is 11.6. The summed E-state index contributed by atoms with van der Waals surface area (Å²) in [5.41, 5.74) is 0.614. The van der Waals surface area contributed by atoms with Gasteiger partial charge in [0.25, 0.3) is 0 Å². The van der Waals surface area contributed by atoms with Crippen LogP contribution in [0.3, 0.4) is 0 Å². The van der Waals surface area contributed by atoms with E-state index in [0.717, 1.165) is 22.0 Å². The number of rotatable bonds is 3. The second-order valence-electron chi connectivity index (χ2n) is 4.23. The molecule has 0 aliphatic rings. The van der Waals surface area contributed by atoms with Crippen LogP contribution in [0.4, 0.5) is 19.3 Å². The highest BCUT2D eigenvalue weighted by Crippen LogP contribution is 2.28. The van der Waals surface area contributed by atoms with Crippen molar-refractivity contribution >= 4 is 24.5 Å². The normalized spacial score (nSPS) is 10.2. The lowest BCUT2D eigenvalue weighted by molar-refractivity contribution is 0.238. The zero-order valence-electron chi connectivity index (χ0n) is 10.8. The summed E-state index contributed by atoms with van der Waals surface area (Å²) in [6.45, 7) is 0.209. The van der Waals surface area contributed by atoms with Gasteiger partial charge in [0.15, 0.2) is 11.6 Å².